The van der Waals surface area contributed by atoms with E-state index in [-0.39, 0.29) is 12.0 Å². The van der Waals surface area contributed by atoms with Crippen LogP contribution in [0.5, 0.6) is 0 Å². The van der Waals surface area contributed by atoms with Crippen molar-refractivity contribution in [3.05, 3.63) is 24.2 Å². The molecule has 3 saturated heterocycles. The van der Waals surface area contributed by atoms with Gasteiger partial charge in [0.05, 0.1) is 25.5 Å². The Morgan fingerprint density at radius 3 is 2.55 bits per heavy atom. The molecule has 3 aliphatic rings. The predicted octanol–water partition coefficient (Wildman–Crippen LogP) is 2.63. The maximum absolute atomic E-state index is 12.9. The highest BCUT2D eigenvalue weighted by Gasteiger charge is 2.43. The fraction of sp³-hybridized carbons (Fsp3) is 0.727. The number of alkyl halides is 3. The van der Waals surface area contributed by atoms with Crippen LogP contribution in [-0.2, 0) is 25.6 Å². The zero-order chi connectivity index (χ0) is 24.0. The molecule has 0 aromatic carbocycles. The van der Waals surface area contributed by atoms with Crippen molar-refractivity contribution in [1.82, 2.24) is 9.80 Å². The summed E-state index contributed by atoms with van der Waals surface area (Å²) in [5, 5.41) is 7.12. The quantitative estimate of drug-likeness (QED) is 0.699. The first-order valence-corrected chi connectivity index (χ1v) is 11.1. The van der Waals surface area contributed by atoms with Gasteiger partial charge in [0.15, 0.2) is 0 Å². The minimum atomic E-state index is -5.08. The van der Waals surface area contributed by atoms with Gasteiger partial charge in [0.25, 0.3) is 0 Å². The average molecular weight is 476 g/mol. The molecule has 1 amide bonds. The van der Waals surface area contributed by atoms with E-state index in [1.807, 2.05) is 12.1 Å². The number of halogens is 3. The number of carboxylic acid groups (broad SMARTS) is 1. The molecular formula is C22H31F3N2O6. The second kappa shape index (κ2) is 11.3. The van der Waals surface area contributed by atoms with Gasteiger partial charge in [-0.2, -0.15) is 13.2 Å². The van der Waals surface area contributed by atoms with E-state index in [4.69, 9.17) is 23.8 Å². The molecule has 4 heterocycles. The fourth-order valence-electron chi connectivity index (χ4n) is 4.66. The van der Waals surface area contributed by atoms with E-state index in [9.17, 15) is 18.0 Å². The van der Waals surface area contributed by atoms with E-state index < -0.39 is 12.1 Å². The summed E-state index contributed by atoms with van der Waals surface area (Å²) >= 11 is 0. The number of carboxylic acids is 1. The van der Waals surface area contributed by atoms with Gasteiger partial charge in [0, 0.05) is 44.7 Å². The van der Waals surface area contributed by atoms with E-state index >= 15 is 0 Å². The lowest BCUT2D eigenvalue weighted by Gasteiger charge is -2.38. The summed E-state index contributed by atoms with van der Waals surface area (Å²) in [5.74, 6) is -0.249. The summed E-state index contributed by atoms with van der Waals surface area (Å²) in [6, 6.07) is 3.93. The molecule has 0 bridgehead atoms. The molecule has 3 aliphatic heterocycles. The van der Waals surface area contributed by atoms with Crippen molar-refractivity contribution < 1.29 is 41.8 Å². The monoisotopic (exact) mass is 476 g/mol. The van der Waals surface area contributed by atoms with E-state index in [0.29, 0.717) is 17.7 Å². The van der Waals surface area contributed by atoms with E-state index in [2.05, 4.69) is 16.8 Å². The highest BCUT2D eigenvalue weighted by atomic mass is 19.4. The van der Waals surface area contributed by atoms with Crippen LogP contribution in [0.15, 0.2) is 22.8 Å². The van der Waals surface area contributed by atoms with Crippen molar-refractivity contribution in [2.45, 2.75) is 38.1 Å². The number of hydrogen-bond acceptors (Lipinski definition) is 6. The second-order valence-electron chi connectivity index (χ2n) is 8.83. The number of aliphatic carboxylic acids is 1. The molecule has 0 unspecified atom stereocenters. The zero-order valence-corrected chi connectivity index (χ0v) is 18.6. The summed E-state index contributed by atoms with van der Waals surface area (Å²) in [7, 11) is 2.10. The largest absolute Gasteiger partial charge is 0.490 e. The van der Waals surface area contributed by atoms with Crippen LogP contribution in [0.3, 0.4) is 0 Å². The Bertz CT molecular complexity index is 767. The molecule has 4 rings (SSSR count). The molecule has 0 saturated carbocycles. The van der Waals surface area contributed by atoms with Crippen LogP contribution in [0.2, 0.25) is 0 Å². The molecule has 0 aliphatic carbocycles. The van der Waals surface area contributed by atoms with Crippen LogP contribution in [0.25, 0.3) is 0 Å². The van der Waals surface area contributed by atoms with E-state index in [1.165, 1.54) is 0 Å². The van der Waals surface area contributed by atoms with Crippen molar-refractivity contribution in [1.29, 1.82) is 0 Å². The molecule has 1 N–H and O–H groups in total. The van der Waals surface area contributed by atoms with Gasteiger partial charge in [-0.05, 0) is 44.4 Å². The first-order valence-electron chi connectivity index (χ1n) is 11.1. The number of likely N-dealkylation sites (N-methyl/N-ethyl adjacent to an activating group) is 1. The lowest BCUT2D eigenvalue weighted by atomic mass is 9.83. The molecule has 1 aromatic rings. The molecule has 0 spiro atoms. The molecule has 3 atom stereocenters. The Hall–Kier alpha value is -2.11. The number of rotatable bonds is 5. The number of carbonyl (C=O) groups is 2. The van der Waals surface area contributed by atoms with Gasteiger partial charge in [-0.25, -0.2) is 4.79 Å². The van der Waals surface area contributed by atoms with Crippen molar-refractivity contribution in [3.63, 3.8) is 0 Å². The molecule has 1 aromatic heterocycles. The zero-order valence-electron chi connectivity index (χ0n) is 18.6. The van der Waals surface area contributed by atoms with Crippen molar-refractivity contribution in [2.75, 3.05) is 46.5 Å². The van der Waals surface area contributed by atoms with Gasteiger partial charge >= 0.3 is 12.1 Å². The van der Waals surface area contributed by atoms with Crippen molar-refractivity contribution >= 4 is 11.9 Å². The molecule has 33 heavy (non-hydrogen) atoms. The number of fused-ring (bicyclic) bond motifs is 1. The number of furan rings is 1. The Morgan fingerprint density at radius 1 is 1.24 bits per heavy atom. The Labute approximate surface area is 190 Å². The maximum atomic E-state index is 12.9. The Balaban J connectivity index is 0.000000383. The third-order valence-corrected chi connectivity index (χ3v) is 6.43. The van der Waals surface area contributed by atoms with E-state index in [1.54, 1.807) is 6.26 Å². The van der Waals surface area contributed by atoms with Crippen molar-refractivity contribution in [3.8, 4) is 0 Å². The van der Waals surface area contributed by atoms with Gasteiger partial charge in [-0.1, -0.05) is 0 Å². The Morgan fingerprint density at radius 2 is 1.94 bits per heavy atom. The standard InChI is InChI=1S/C20H30N2O4.C2HF3O2/c1-21(11-17-3-2-8-25-17)13-19-18-12-22(7-4-16(18)14-26-19)20(23)15-5-9-24-10-6-15;3-2(4,5)1(6)7/h2-3,8,15-16,18-19H,4-7,9-14H2,1H3;(H,6,7)/t16-,18-,19+;/m0./s1. The summed E-state index contributed by atoms with van der Waals surface area (Å²) in [4.78, 5) is 26.1. The SMILES string of the molecule is CN(Cc1ccco1)C[C@H]1OC[C@@H]2CCN(C(=O)C3CCOCC3)C[C@@H]21.O=C(O)C(F)(F)F. The van der Waals surface area contributed by atoms with E-state index in [0.717, 1.165) is 71.0 Å². The van der Waals surface area contributed by atoms with Gasteiger partial charge in [0.1, 0.15) is 5.76 Å². The van der Waals surface area contributed by atoms with Gasteiger partial charge in [-0.3, -0.25) is 9.69 Å². The smallest absolute Gasteiger partial charge is 0.475 e. The third-order valence-electron chi connectivity index (χ3n) is 6.43. The van der Waals surface area contributed by atoms with Crippen LogP contribution < -0.4 is 0 Å². The summed E-state index contributed by atoms with van der Waals surface area (Å²) in [6.45, 7) is 5.67. The molecular weight excluding hydrogens is 445 g/mol. The number of hydrogen-bond donors (Lipinski definition) is 1. The summed E-state index contributed by atoms with van der Waals surface area (Å²) in [6.07, 6.45) is -0.361. The Kier molecular flexibility index (Phi) is 8.77. The number of likely N-dealkylation sites (tertiary alicyclic amines) is 1. The summed E-state index contributed by atoms with van der Waals surface area (Å²) < 4.78 is 48.7. The van der Waals surface area contributed by atoms with Crippen LogP contribution in [0.4, 0.5) is 13.2 Å². The number of carbonyl (C=O) groups excluding carboxylic acids is 1. The summed E-state index contributed by atoms with van der Waals surface area (Å²) in [5.41, 5.74) is 0. The van der Waals surface area contributed by atoms with Crippen LogP contribution in [-0.4, -0.2) is 85.6 Å². The van der Waals surface area contributed by atoms with Gasteiger partial charge in [-0.15, -0.1) is 0 Å². The lowest BCUT2D eigenvalue weighted by Crippen LogP contribution is -2.49. The molecule has 11 heteroatoms. The molecule has 8 nitrogen and oxygen atoms in total. The highest BCUT2D eigenvalue weighted by Crippen LogP contribution is 2.35. The minimum absolute atomic E-state index is 0.155. The normalized spacial score (nSPS) is 26.0. The number of amides is 1. The third kappa shape index (κ3) is 7.18. The van der Waals surface area contributed by atoms with Crippen molar-refractivity contribution in [2.24, 2.45) is 17.8 Å². The number of piperidine rings is 1. The number of ether oxygens (including phenoxy) is 2. The maximum Gasteiger partial charge on any atom is 0.490 e. The average Bonchev–Trinajstić information content (AvgIpc) is 3.43. The highest BCUT2D eigenvalue weighted by molar-refractivity contribution is 5.79. The van der Waals surface area contributed by atoms with Crippen LogP contribution >= 0.6 is 0 Å². The number of nitrogens with zero attached hydrogens (tertiary/aromatic N) is 2. The minimum Gasteiger partial charge on any atom is -0.475 e. The van der Waals surface area contributed by atoms with Gasteiger partial charge in [0.2, 0.25) is 5.91 Å². The van der Waals surface area contributed by atoms with Crippen LogP contribution in [0.1, 0.15) is 25.0 Å². The fourth-order valence-corrected chi connectivity index (χ4v) is 4.66. The molecule has 3 fully saturated rings. The molecule has 0 radical (unpaired) electrons. The van der Waals surface area contributed by atoms with Crippen LogP contribution in [0, 0.1) is 17.8 Å². The topological polar surface area (TPSA) is 92.5 Å². The second-order valence-corrected chi connectivity index (χ2v) is 8.83. The first-order chi connectivity index (χ1) is 15.6. The molecule has 186 valence electrons. The predicted molar refractivity (Wildman–Crippen MR) is 110 cm³/mol. The lowest BCUT2D eigenvalue weighted by molar-refractivity contribution is -0.192. The van der Waals surface area contributed by atoms with Gasteiger partial charge < -0.3 is 23.9 Å². The first kappa shape index (κ1) is 25.5.